The maximum atomic E-state index is 12.7. The second kappa shape index (κ2) is 39.9. The molecule has 0 amide bonds. The summed E-state index contributed by atoms with van der Waals surface area (Å²) in [6, 6.07) is 0. The number of carbonyl (C=O) groups is 2. The molecule has 336 valence electrons. The fourth-order valence-corrected chi connectivity index (χ4v) is 7.27. The van der Waals surface area contributed by atoms with E-state index in [4.69, 9.17) is 18.5 Å². The molecule has 0 saturated carbocycles. The van der Waals surface area contributed by atoms with E-state index in [1.54, 1.807) is 0 Å². The van der Waals surface area contributed by atoms with Crippen molar-refractivity contribution >= 4 is 19.8 Å². The van der Waals surface area contributed by atoms with E-state index in [1.165, 1.54) is 141 Å². The van der Waals surface area contributed by atoms with Crippen molar-refractivity contribution in [1.82, 2.24) is 0 Å². The number of hydrogen-bond donors (Lipinski definition) is 1. The number of likely N-dealkylation sites (N-methyl/N-ethyl adjacent to an activating group) is 1. The summed E-state index contributed by atoms with van der Waals surface area (Å²) in [6.45, 7) is 4.40. The Morgan fingerprint density at radius 1 is 0.544 bits per heavy atom. The van der Waals surface area contributed by atoms with Crippen molar-refractivity contribution in [2.45, 2.75) is 219 Å². The number of phosphoric acid groups is 1. The molecule has 0 rings (SSSR count). The molecule has 0 saturated heterocycles. The van der Waals surface area contributed by atoms with Crippen LogP contribution in [0.2, 0.25) is 0 Å². The van der Waals surface area contributed by atoms with E-state index in [2.05, 4.69) is 38.2 Å². The number of nitrogens with zero attached hydrogens (tertiary/aromatic N) is 1. The molecule has 0 aromatic carbocycles. The third-order valence-corrected chi connectivity index (χ3v) is 11.2. The van der Waals surface area contributed by atoms with Crippen LogP contribution in [-0.4, -0.2) is 74.9 Å². The van der Waals surface area contributed by atoms with Crippen LogP contribution in [0, 0.1) is 0 Å². The minimum absolute atomic E-state index is 0.0278. The summed E-state index contributed by atoms with van der Waals surface area (Å²) in [7, 11) is 1.46. The van der Waals surface area contributed by atoms with Gasteiger partial charge in [0.25, 0.3) is 0 Å². The third-order valence-electron chi connectivity index (χ3n) is 10.2. The number of unbranched alkanes of at least 4 members (excludes halogenated alkanes) is 25. The summed E-state index contributed by atoms with van der Waals surface area (Å²) in [5.74, 6) is -0.842. The van der Waals surface area contributed by atoms with Gasteiger partial charge in [0.15, 0.2) is 6.10 Å². The molecule has 0 spiro atoms. The van der Waals surface area contributed by atoms with Crippen molar-refractivity contribution in [2.75, 3.05) is 47.5 Å². The Balaban J connectivity index is 4.36. The van der Waals surface area contributed by atoms with Crippen LogP contribution in [0.25, 0.3) is 0 Å². The minimum atomic E-state index is -4.38. The van der Waals surface area contributed by atoms with Gasteiger partial charge in [0.1, 0.15) is 19.8 Å². The number of carbonyl (C=O) groups excluding carboxylic acids is 2. The highest BCUT2D eigenvalue weighted by atomic mass is 31.2. The minimum Gasteiger partial charge on any atom is -0.462 e. The van der Waals surface area contributed by atoms with Gasteiger partial charge in [-0.05, 0) is 38.5 Å². The summed E-state index contributed by atoms with van der Waals surface area (Å²) in [6.07, 6.45) is 43.7. The van der Waals surface area contributed by atoms with Crippen LogP contribution >= 0.6 is 7.82 Å². The van der Waals surface area contributed by atoms with E-state index in [0.717, 1.165) is 32.1 Å². The average molecular weight is 829 g/mol. The maximum Gasteiger partial charge on any atom is 0.472 e. The van der Waals surface area contributed by atoms with Gasteiger partial charge in [-0.3, -0.25) is 18.6 Å². The second-order valence-electron chi connectivity index (χ2n) is 17.1. The van der Waals surface area contributed by atoms with Crippen LogP contribution in [0.5, 0.6) is 0 Å². The number of esters is 2. The lowest BCUT2D eigenvalue weighted by atomic mass is 10.0. The predicted octanol–water partition coefficient (Wildman–Crippen LogP) is 13.5. The van der Waals surface area contributed by atoms with Crippen LogP contribution < -0.4 is 0 Å². The highest BCUT2D eigenvalue weighted by Gasteiger charge is 2.27. The maximum absolute atomic E-state index is 12.7. The molecule has 0 aromatic rings. The highest BCUT2D eigenvalue weighted by molar-refractivity contribution is 7.47. The molecular weight excluding hydrogens is 737 g/mol. The molecule has 10 heteroatoms. The Hall–Kier alpha value is -1.51. The van der Waals surface area contributed by atoms with E-state index in [1.807, 2.05) is 21.1 Å². The molecule has 0 fully saturated rings. The number of phosphoric ester groups is 1. The fraction of sp³-hybridized carbons (Fsp3) is 0.872. The van der Waals surface area contributed by atoms with Crippen LogP contribution in [0.15, 0.2) is 24.3 Å². The van der Waals surface area contributed by atoms with E-state index < -0.39 is 32.5 Å². The van der Waals surface area contributed by atoms with Gasteiger partial charge >= 0.3 is 19.8 Å². The number of allylic oxidation sites excluding steroid dienone is 4. The molecule has 0 aromatic heterocycles. The first kappa shape index (κ1) is 55.5. The van der Waals surface area contributed by atoms with E-state index in [-0.39, 0.29) is 26.1 Å². The molecule has 1 unspecified atom stereocenters. The van der Waals surface area contributed by atoms with Crippen LogP contribution in [0.4, 0.5) is 0 Å². The van der Waals surface area contributed by atoms with Crippen molar-refractivity contribution in [3.8, 4) is 0 Å². The number of quaternary nitrogens is 1. The Kier molecular flexibility index (Phi) is 38.9. The lowest BCUT2D eigenvalue weighted by molar-refractivity contribution is -0.870. The molecular formula is C47H91NO8P+. The molecule has 0 bridgehead atoms. The first-order valence-electron chi connectivity index (χ1n) is 23.6. The van der Waals surface area contributed by atoms with Gasteiger partial charge in [-0.25, -0.2) is 4.57 Å². The topological polar surface area (TPSA) is 108 Å². The summed E-state index contributed by atoms with van der Waals surface area (Å²) < 4.78 is 34.3. The van der Waals surface area contributed by atoms with Crippen molar-refractivity contribution in [3.05, 3.63) is 24.3 Å². The molecule has 0 radical (unpaired) electrons. The van der Waals surface area contributed by atoms with Crippen LogP contribution in [0.1, 0.15) is 213 Å². The first-order chi connectivity index (χ1) is 27.5. The van der Waals surface area contributed by atoms with Crippen LogP contribution in [0.3, 0.4) is 0 Å². The molecule has 0 aliphatic carbocycles. The Labute approximate surface area is 351 Å². The van der Waals surface area contributed by atoms with E-state index >= 15 is 0 Å². The number of ether oxygens (including phenoxy) is 2. The zero-order valence-corrected chi connectivity index (χ0v) is 38.7. The Morgan fingerprint density at radius 2 is 0.965 bits per heavy atom. The summed E-state index contributed by atoms with van der Waals surface area (Å²) in [5.41, 5.74) is 0. The summed E-state index contributed by atoms with van der Waals surface area (Å²) >= 11 is 0. The second-order valence-corrected chi connectivity index (χ2v) is 18.6. The van der Waals surface area contributed by atoms with Crippen molar-refractivity contribution in [2.24, 2.45) is 0 Å². The summed E-state index contributed by atoms with van der Waals surface area (Å²) in [5, 5.41) is 0. The molecule has 0 aliphatic heterocycles. The van der Waals surface area contributed by atoms with Gasteiger partial charge in [-0.15, -0.1) is 0 Å². The quantitative estimate of drug-likeness (QED) is 0.0213. The molecule has 0 heterocycles. The smallest absolute Gasteiger partial charge is 0.462 e. The fourth-order valence-electron chi connectivity index (χ4n) is 6.52. The summed E-state index contributed by atoms with van der Waals surface area (Å²) in [4.78, 5) is 35.4. The molecule has 2 atom stereocenters. The Morgan fingerprint density at radius 3 is 1.44 bits per heavy atom. The first-order valence-corrected chi connectivity index (χ1v) is 25.1. The standard InChI is InChI=1S/C47H90NO8P/c1-6-8-10-12-14-16-18-20-22-24-26-27-29-31-33-35-37-39-46(49)53-43-45(44-55-57(51,52)54-42-41-48(3,4)5)56-47(50)40-38-36-34-32-30-28-25-23-21-19-17-15-13-11-9-7-2/h26-27,31,33,45H,6-25,28-30,32,34-44H2,1-5H3/p+1/b27-26+,33-31+/t45-/m1/s1. The molecule has 57 heavy (non-hydrogen) atoms. The molecule has 9 nitrogen and oxygen atoms in total. The molecule has 1 N–H and O–H groups in total. The lowest BCUT2D eigenvalue weighted by Crippen LogP contribution is -2.37. The lowest BCUT2D eigenvalue weighted by Gasteiger charge is -2.24. The normalized spacial score (nSPS) is 13.7. The van der Waals surface area contributed by atoms with Gasteiger partial charge < -0.3 is 18.9 Å². The van der Waals surface area contributed by atoms with Gasteiger partial charge in [0.2, 0.25) is 0 Å². The van der Waals surface area contributed by atoms with Crippen molar-refractivity contribution in [3.63, 3.8) is 0 Å². The monoisotopic (exact) mass is 829 g/mol. The number of hydrogen-bond acceptors (Lipinski definition) is 7. The van der Waals surface area contributed by atoms with Crippen molar-refractivity contribution < 1.29 is 42.1 Å². The van der Waals surface area contributed by atoms with Gasteiger partial charge in [0, 0.05) is 12.8 Å². The SMILES string of the molecule is CCCCCCCCCCC/C=C/C/C=C/CCCC(=O)OC[C@H](COP(=O)(O)OCC[N+](C)(C)C)OC(=O)CCCCCCCCCCCCCCCCCC. The van der Waals surface area contributed by atoms with Crippen LogP contribution in [-0.2, 0) is 32.7 Å². The van der Waals surface area contributed by atoms with Gasteiger partial charge in [0.05, 0.1) is 27.7 Å². The van der Waals surface area contributed by atoms with E-state index in [9.17, 15) is 19.0 Å². The van der Waals surface area contributed by atoms with Gasteiger partial charge in [-0.2, -0.15) is 0 Å². The zero-order valence-electron chi connectivity index (χ0n) is 37.8. The highest BCUT2D eigenvalue weighted by Crippen LogP contribution is 2.43. The predicted molar refractivity (Wildman–Crippen MR) is 238 cm³/mol. The zero-order chi connectivity index (χ0) is 42.1. The van der Waals surface area contributed by atoms with E-state index in [0.29, 0.717) is 23.9 Å². The largest absolute Gasteiger partial charge is 0.472 e. The van der Waals surface area contributed by atoms with Gasteiger partial charge in [-0.1, -0.05) is 186 Å². The number of rotatable bonds is 43. The Bertz CT molecular complexity index is 1030. The molecule has 0 aliphatic rings. The van der Waals surface area contributed by atoms with Crippen molar-refractivity contribution in [1.29, 1.82) is 0 Å². The third kappa shape index (κ3) is 43.9. The average Bonchev–Trinajstić information content (AvgIpc) is 3.16.